The Kier molecular flexibility index (Phi) is 7.27. The molecule has 1 atom stereocenters. The van der Waals surface area contributed by atoms with Crippen LogP contribution in [0.3, 0.4) is 0 Å². The number of carbonyl (C=O) groups is 3. The minimum absolute atomic E-state index is 0.0420. The van der Waals surface area contributed by atoms with Crippen LogP contribution in [0.2, 0.25) is 0 Å². The highest BCUT2D eigenvalue weighted by Gasteiger charge is 2.43. The number of nitrogens with zero attached hydrogens (tertiary/aromatic N) is 3. The number of urea groups is 2. The molecule has 1 fully saturated rings. The van der Waals surface area contributed by atoms with Crippen LogP contribution in [0.4, 0.5) is 34.3 Å². The Balaban J connectivity index is 1.40. The van der Waals surface area contributed by atoms with Gasteiger partial charge in [0.15, 0.2) is 0 Å². The van der Waals surface area contributed by atoms with Gasteiger partial charge in [-0.15, -0.1) is 13.2 Å². The molecule has 0 saturated carbocycles. The Hall–Kier alpha value is -4.61. The van der Waals surface area contributed by atoms with Gasteiger partial charge in [0.25, 0.3) is 5.91 Å². The van der Waals surface area contributed by atoms with E-state index in [1.807, 2.05) is 30.3 Å². The number of anilines is 2. The topological polar surface area (TPSA) is 104 Å². The van der Waals surface area contributed by atoms with Gasteiger partial charge >= 0.3 is 18.4 Å². The molecule has 0 radical (unpaired) electrons. The molecule has 2 N–H and O–H groups in total. The fourth-order valence-corrected chi connectivity index (χ4v) is 3.72. The van der Waals surface area contributed by atoms with Crippen LogP contribution in [0.1, 0.15) is 18.1 Å². The molecule has 4 rings (SSSR count). The second-order valence-corrected chi connectivity index (χ2v) is 8.14. The van der Waals surface area contributed by atoms with Gasteiger partial charge in [-0.3, -0.25) is 10.1 Å². The van der Waals surface area contributed by atoms with Gasteiger partial charge in [-0.05, 0) is 54.4 Å². The number of imide groups is 1. The molecular weight excluding hydrogens is 491 g/mol. The lowest BCUT2D eigenvalue weighted by molar-refractivity contribution is -0.274. The maximum Gasteiger partial charge on any atom is 0.573 e. The summed E-state index contributed by atoms with van der Waals surface area (Å²) in [7, 11) is 0. The number of amides is 5. The zero-order valence-corrected chi connectivity index (χ0v) is 19.5. The van der Waals surface area contributed by atoms with E-state index in [2.05, 4.69) is 20.4 Å². The van der Waals surface area contributed by atoms with Gasteiger partial charge in [0.05, 0.1) is 5.69 Å². The molecule has 0 spiro atoms. The molecule has 5 amide bonds. The number of rotatable bonds is 7. The fraction of sp³-hybridized carbons (Fsp3) is 0.200. The van der Waals surface area contributed by atoms with E-state index >= 15 is 0 Å². The van der Waals surface area contributed by atoms with Gasteiger partial charge in [-0.25, -0.2) is 19.5 Å². The molecule has 37 heavy (non-hydrogen) atoms. The van der Waals surface area contributed by atoms with Crippen molar-refractivity contribution in [2.24, 2.45) is 0 Å². The van der Waals surface area contributed by atoms with Crippen molar-refractivity contribution in [1.29, 1.82) is 0 Å². The van der Waals surface area contributed by atoms with E-state index in [4.69, 9.17) is 0 Å². The molecule has 1 unspecified atom stereocenters. The van der Waals surface area contributed by atoms with Crippen LogP contribution in [0.15, 0.2) is 72.9 Å². The number of hydrogen-bond donors (Lipinski definition) is 2. The Morgan fingerprint density at radius 1 is 1.03 bits per heavy atom. The van der Waals surface area contributed by atoms with Crippen LogP contribution in [-0.4, -0.2) is 40.3 Å². The second-order valence-electron chi connectivity index (χ2n) is 8.14. The van der Waals surface area contributed by atoms with Gasteiger partial charge < -0.3 is 15.0 Å². The minimum Gasteiger partial charge on any atom is -0.406 e. The first kappa shape index (κ1) is 25.5. The molecule has 1 aromatic heterocycles. The Bertz CT molecular complexity index is 1290. The number of carbonyl (C=O) groups excluding carboxylic acids is 3. The molecule has 0 bridgehead atoms. The van der Waals surface area contributed by atoms with Crippen LogP contribution in [0, 0.1) is 0 Å². The SMILES string of the molecule is CC1C(=O)N(c2ccc(OC(F)(F)F)cc2)C(=O)N1Cc1ccnc(NC(=O)NCc2ccccc2)c1. The lowest BCUT2D eigenvalue weighted by Gasteiger charge is -2.20. The average molecular weight is 513 g/mol. The van der Waals surface area contributed by atoms with Crippen molar-refractivity contribution in [1.82, 2.24) is 15.2 Å². The van der Waals surface area contributed by atoms with Gasteiger partial charge in [0.1, 0.15) is 17.6 Å². The predicted molar refractivity (Wildman–Crippen MR) is 128 cm³/mol. The third-order valence-corrected chi connectivity index (χ3v) is 5.53. The molecule has 2 heterocycles. The van der Waals surface area contributed by atoms with Gasteiger partial charge in [-0.1, -0.05) is 30.3 Å². The molecule has 192 valence electrons. The van der Waals surface area contributed by atoms with Crippen molar-refractivity contribution >= 4 is 29.5 Å². The summed E-state index contributed by atoms with van der Waals surface area (Å²) < 4.78 is 41.0. The largest absolute Gasteiger partial charge is 0.573 e. The Labute approximate surface area is 209 Å². The molecule has 1 aliphatic heterocycles. The predicted octanol–water partition coefficient (Wildman–Crippen LogP) is 4.66. The standard InChI is InChI=1S/C25H22F3N5O4/c1-16-22(34)33(19-7-9-20(10-8-19)37-25(26,27)28)24(36)32(16)15-18-11-12-29-21(13-18)31-23(35)30-14-17-5-3-2-4-6-17/h2-13,16H,14-15H2,1H3,(H2,29,30,31,35). The highest BCUT2D eigenvalue weighted by molar-refractivity contribution is 6.21. The number of ether oxygens (including phenoxy) is 1. The summed E-state index contributed by atoms with van der Waals surface area (Å²) in [5.41, 5.74) is 1.65. The minimum atomic E-state index is -4.85. The third-order valence-electron chi connectivity index (χ3n) is 5.53. The van der Waals surface area contributed by atoms with Gasteiger partial charge in [0.2, 0.25) is 0 Å². The number of alkyl halides is 3. The highest BCUT2D eigenvalue weighted by Crippen LogP contribution is 2.30. The lowest BCUT2D eigenvalue weighted by atomic mass is 10.2. The summed E-state index contributed by atoms with van der Waals surface area (Å²) in [6.45, 7) is 1.92. The Morgan fingerprint density at radius 2 is 1.73 bits per heavy atom. The number of halogens is 3. The van der Waals surface area contributed by atoms with Crippen molar-refractivity contribution in [3.8, 4) is 5.75 Å². The summed E-state index contributed by atoms with van der Waals surface area (Å²) in [4.78, 5) is 44.4. The van der Waals surface area contributed by atoms with Crippen molar-refractivity contribution in [3.05, 3.63) is 84.1 Å². The van der Waals surface area contributed by atoms with Crippen molar-refractivity contribution < 1.29 is 32.3 Å². The summed E-state index contributed by atoms with van der Waals surface area (Å²) >= 11 is 0. The first-order valence-corrected chi connectivity index (χ1v) is 11.1. The maximum absolute atomic E-state index is 13.1. The molecular formula is C25H22F3N5O4. The van der Waals surface area contributed by atoms with E-state index < -0.39 is 36.1 Å². The van der Waals surface area contributed by atoms with Crippen molar-refractivity contribution in [2.75, 3.05) is 10.2 Å². The summed E-state index contributed by atoms with van der Waals surface area (Å²) in [6.07, 6.45) is -3.39. The molecule has 0 aliphatic carbocycles. The molecule has 1 saturated heterocycles. The third kappa shape index (κ3) is 6.34. The summed E-state index contributed by atoms with van der Waals surface area (Å²) in [5, 5.41) is 5.35. The van der Waals surface area contributed by atoms with Crippen molar-refractivity contribution in [2.45, 2.75) is 32.4 Å². The lowest BCUT2D eigenvalue weighted by Crippen LogP contribution is -2.33. The zero-order chi connectivity index (χ0) is 26.6. The Morgan fingerprint density at radius 3 is 2.41 bits per heavy atom. The quantitative estimate of drug-likeness (QED) is 0.448. The van der Waals surface area contributed by atoms with E-state index in [9.17, 15) is 27.6 Å². The molecule has 2 aromatic carbocycles. The molecule has 1 aliphatic rings. The normalized spacial score (nSPS) is 15.6. The van der Waals surface area contributed by atoms with Crippen molar-refractivity contribution in [3.63, 3.8) is 0 Å². The van der Waals surface area contributed by atoms with Crippen LogP contribution in [0.5, 0.6) is 5.75 Å². The van der Waals surface area contributed by atoms with Crippen LogP contribution in [-0.2, 0) is 17.9 Å². The van der Waals surface area contributed by atoms with E-state index in [-0.39, 0.29) is 18.1 Å². The molecule has 3 aromatic rings. The summed E-state index contributed by atoms with van der Waals surface area (Å²) in [6, 6.07) is 15.1. The monoisotopic (exact) mass is 513 g/mol. The average Bonchev–Trinajstić information content (AvgIpc) is 3.06. The smallest absolute Gasteiger partial charge is 0.406 e. The number of hydrogen-bond acceptors (Lipinski definition) is 5. The van der Waals surface area contributed by atoms with E-state index in [0.29, 0.717) is 12.1 Å². The maximum atomic E-state index is 13.1. The summed E-state index contributed by atoms with van der Waals surface area (Å²) in [5.74, 6) is -0.738. The first-order valence-electron chi connectivity index (χ1n) is 11.1. The number of aromatic nitrogens is 1. The van der Waals surface area contributed by atoms with E-state index in [1.54, 1.807) is 19.1 Å². The van der Waals surface area contributed by atoms with Gasteiger partial charge in [-0.2, -0.15) is 0 Å². The number of nitrogens with one attached hydrogen (secondary N) is 2. The van der Waals surface area contributed by atoms with Crippen LogP contribution >= 0.6 is 0 Å². The fourth-order valence-electron chi connectivity index (χ4n) is 3.72. The van der Waals surface area contributed by atoms with E-state index in [0.717, 1.165) is 22.6 Å². The molecule has 9 nitrogen and oxygen atoms in total. The zero-order valence-electron chi connectivity index (χ0n) is 19.5. The van der Waals surface area contributed by atoms with Crippen LogP contribution < -0.4 is 20.3 Å². The first-order chi connectivity index (χ1) is 17.6. The number of pyridine rings is 1. The van der Waals surface area contributed by atoms with Gasteiger partial charge in [0, 0.05) is 19.3 Å². The highest BCUT2D eigenvalue weighted by atomic mass is 19.4. The number of benzene rings is 2. The van der Waals surface area contributed by atoms with E-state index in [1.165, 1.54) is 23.2 Å². The molecule has 12 heteroatoms. The second kappa shape index (κ2) is 10.6. The van der Waals surface area contributed by atoms with Crippen LogP contribution in [0.25, 0.3) is 0 Å².